The van der Waals surface area contributed by atoms with Crippen LogP contribution in [-0.2, 0) is 17.1 Å². The van der Waals surface area contributed by atoms with Crippen molar-refractivity contribution in [1.82, 2.24) is 0 Å². The van der Waals surface area contributed by atoms with Crippen LogP contribution < -0.4 is 0 Å². The van der Waals surface area contributed by atoms with E-state index in [0.717, 1.165) is 0 Å². The summed E-state index contributed by atoms with van der Waals surface area (Å²) < 4.78 is 0. The minimum atomic E-state index is 0. The van der Waals surface area contributed by atoms with E-state index in [-0.39, 0.29) is 77.8 Å². The van der Waals surface area contributed by atoms with Crippen molar-refractivity contribution in [2.45, 2.75) is 0 Å². The summed E-state index contributed by atoms with van der Waals surface area (Å²) in [5.74, 6) is 0. The van der Waals surface area contributed by atoms with Crippen molar-refractivity contribution in [1.29, 1.82) is 0 Å². The Hall–Kier alpha value is 2.47. The third-order valence-electron chi connectivity index (χ3n) is 0. The van der Waals surface area contributed by atoms with E-state index < -0.39 is 0 Å². The Balaban J connectivity index is 0. The van der Waals surface area contributed by atoms with E-state index in [2.05, 4.69) is 0 Å². The van der Waals surface area contributed by atoms with Crippen LogP contribution in [0.15, 0.2) is 0 Å². The normalized spacial score (nSPS) is 0. The molecule has 0 aliphatic rings. The van der Waals surface area contributed by atoms with Crippen LogP contribution in [0.3, 0.4) is 0 Å². The molecule has 0 aliphatic heterocycles. The SMILES string of the molecule is [Cu].[GaH3].[SeH2].[SnH2]. The van der Waals surface area contributed by atoms with Gasteiger partial charge in [0, 0.05) is 17.1 Å². The van der Waals surface area contributed by atoms with Crippen molar-refractivity contribution in [3.8, 4) is 0 Å². The number of hydrogen-bond donors (Lipinski definition) is 0. The van der Waals surface area contributed by atoms with Crippen molar-refractivity contribution in [2.75, 3.05) is 0 Å². The average Bonchev–Trinajstić information content (AvgIpc) is 0. The molecule has 0 atom stereocenters. The maximum atomic E-state index is 0. The predicted octanol–water partition coefficient (Wildman–Crippen LogP) is -3.02. The van der Waals surface area contributed by atoms with Crippen molar-refractivity contribution < 1.29 is 17.1 Å². The summed E-state index contributed by atoms with van der Waals surface area (Å²) in [5.41, 5.74) is 0. The second-order valence-corrected chi connectivity index (χ2v) is 0. The van der Waals surface area contributed by atoms with Crippen LogP contribution in [0.4, 0.5) is 0 Å². The summed E-state index contributed by atoms with van der Waals surface area (Å²) >= 11 is 0. The molecule has 0 amide bonds. The van der Waals surface area contributed by atoms with Gasteiger partial charge in [0.05, 0.1) is 0 Å². The van der Waals surface area contributed by atoms with Gasteiger partial charge in [-0.2, -0.15) is 0 Å². The zero-order valence-corrected chi connectivity index (χ0v) is 8.58. The van der Waals surface area contributed by atoms with Gasteiger partial charge in [-0.15, -0.1) is 0 Å². The van der Waals surface area contributed by atoms with E-state index in [4.69, 9.17) is 0 Å². The molecule has 0 rings (SSSR count). The van der Waals surface area contributed by atoms with E-state index >= 15 is 0 Å². The number of rotatable bonds is 0. The van der Waals surface area contributed by atoms with Gasteiger partial charge < -0.3 is 0 Å². The first-order chi connectivity index (χ1) is 0. The Morgan fingerprint density at radius 3 is 1.00 bits per heavy atom. The van der Waals surface area contributed by atoms with Crippen LogP contribution in [0.5, 0.6) is 0 Å². The molecule has 0 bridgehead atoms. The van der Waals surface area contributed by atoms with Crippen LogP contribution in [0.2, 0.25) is 0 Å². The molecule has 0 saturated heterocycles. The molecule has 31 valence electrons. The fraction of sp³-hybridized carbons (Fsp3) is 0. The molecule has 0 fully saturated rings. The molecule has 4 heteroatoms. The van der Waals surface area contributed by atoms with Gasteiger partial charge >= 0.3 is 60.8 Å². The van der Waals surface area contributed by atoms with Crippen molar-refractivity contribution in [3.05, 3.63) is 0 Å². The molecular formula is H7CuGaSeSn. The summed E-state index contributed by atoms with van der Waals surface area (Å²) in [7, 11) is 0. The van der Waals surface area contributed by atoms with Gasteiger partial charge in [-0.05, 0) is 0 Å². The van der Waals surface area contributed by atoms with Gasteiger partial charge in [0.25, 0.3) is 0 Å². The van der Waals surface area contributed by atoms with Gasteiger partial charge in [0.2, 0.25) is 0 Å². The van der Waals surface area contributed by atoms with Gasteiger partial charge in [-0.3, -0.25) is 0 Å². The molecule has 3 radical (unpaired) electrons. The quantitative estimate of drug-likeness (QED) is 0.413. The topological polar surface area (TPSA) is 0 Å². The Kier molecular flexibility index (Phi) is 142. The van der Waals surface area contributed by atoms with Crippen LogP contribution in [0, 0.1) is 0 Å². The molecular weight excluding hydrogens is 331 g/mol. The van der Waals surface area contributed by atoms with Gasteiger partial charge in [-0.1, -0.05) is 0 Å². The third-order valence-corrected chi connectivity index (χ3v) is 0. The van der Waals surface area contributed by atoms with Crippen LogP contribution >= 0.6 is 0 Å². The van der Waals surface area contributed by atoms with E-state index in [9.17, 15) is 0 Å². The molecule has 0 aromatic carbocycles. The summed E-state index contributed by atoms with van der Waals surface area (Å²) in [6.07, 6.45) is 0. The zero-order valence-electron chi connectivity index (χ0n) is 1.51. The molecule has 0 aliphatic carbocycles. The predicted molar refractivity (Wildman–Crippen MR) is 27.0 cm³/mol. The zero-order chi connectivity index (χ0) is 0. The second kappa shape index (κ2) is 17.9. The molecule has 0 spiro atoms. The van der Waals surface area contributed by atoms with Gasteiger partial charge in [0.15, 0.2) is 0 Å². The molecule has 0 saturated carbocycles. The molecule has 4 heavy (non-hydrogen) atoms. The molecule has 0 heterocycles. The Bertz CT molecular complexity index is 8.00. The van der Waals surface area contributed by atoms with E-state index in [1.54, 1.807) is 0 Å². The van der Waals surface area contributed by atoms with E-state index in [0.29, 0.717) is 0 Å². The first kappa shape index (κ1) is 31.7. The van der Waals surface area contributed by atoms with Crippen molar-refractivity contribution in [2.24, 2.45) is 0 Å². The first-order valence-corrected chi connectivity index (χ1v) is 0. The Labute approximate surface area is 76.8 Å². The third kappa shape index (κ3) is 8.82. The summed E-state index contributed by atoms with van der Waals surface area (Å²) in [6.45, 7) is 0. The standard InChI is InChI=1S/Cu.Ga.H2Se.Sn.5H/h;;1H2;;;;;;. The molecule has 0 aromatic heterocycles. The molecule has 0 N–H and O–H groups in total. The molecule has 0 aromatic rings. The summed E-state index contributed by atoms with van der Waals surface area (Å²) in [6, 6.07) is 0. The Morgan fingerprint density at radius 1 is 1.00 bits per heavy atom. The van der Waals surface area contributed by atoms with Gasteiger partial charge in [0.1, 0.15) is 0 Å². The summed E-state index contributed by atoms with van der Waals surface area (Å²) in [4.78, 5) is 0. The van der Waals surface area contributed by atoms with Crippen LogP contribution in [0.25, 0.3) is 0 Å². The van der Waals surface area contributed by atoms with E-state index in [1.165, 1.54) is 0 Å². The fourth-order valence-electron chi connectivity index (χ4n) is 0. The van der Waals surface area contributed by atoms with E-state index in [1.807, 2.05) is 0 Å². The van der Waals surface area contributed by atoms with Crippen LogP contribution in [0.1, 0.15) is 0 Å². The fourth-order valence-corrected chi connectivity index (χ4v) is 0. The average molecular weight is 338 g/mol. The minimum absolute atomic E-state index is 0. The summed E-state index contributed by atoms with van der Waals surface area (Å²) in [5, 5.41) is 0. The first-order valence-electron chi connectivity index (χ1n) is 0. The second-order valence-electron chi connectivity index (χ2n) is 0. The van der Waals surface area contributed by atoms with Gasteiger partial charge in [-0.25, -0.2) is 0 Å². The number of hydrogen-bond acceptors (Lipinski definition) is 0. The molecule has 0 nitrogen and oxygen atoms in total. The van der Waals surface area contributed by atoms with Crippen molar-refractivity contribution in [3.63, 3.8) is 0 Å². The maximum absolute atomic E-state index is 0. The van der Waals surface area contributed by atoms with Crippen LogP contribution in [-0.4, -0.2) is 60.8 Å². The Morgan fingerprint density at radius 2 is 1.00 bits per heavy atom. The molecule has 0 unspecified atom stereocenters. The monoisotopic (exact) mass is 339 g/mol. The van der Waals surface area contributed by atoms with Crippen molar-refractivity contribution >= 4 is 60.8 Å².